The molecule has 1 aliphatic rings. The highest BCUT2D eigenvalue weighted by Gasteiger charge is 2.26. The summed E-state index contributed by atoms with van der Waals surface area (Å²) in [5.41, 5.74) is 3.26. The quantitative estimate of drug-likeness (QED) is 0.800. The monoisotopic (exact) mass is 298 g/mol. The predicted octanol–water partition coefficient (Wildman–Crippen LogP) is 2.54. The van der Waals surface area contributed by atoms with Gasteiger partial charge in [0.1, 0.15) is 5.75 Å². The van der Waals surface area contributed by atoms with Gasteiger partial charge in [-0.1, -0.05) is 0 Å². The molecule has 20 heavy (non-hydrogen) atoms. The number of aromatic nitrogens is 1. The highest BCUT2D eigenvalue weighted by atomic mass is 35.5. The first kappa shape index (κ1) is 15.5. The minimum Gasteiger partial charge on any atom is -0.496 e. The zero-order valence-corrected chi connectivity index (χ0v) is 13.4. The van der Waals surface area contributed by atoms with E-state index in [0.29, 0.717) is 11.9 Å². The Hall–Kier alpha value is -0.840. The van der Waals surface area contributed by atoms with Crippen LogP contribution in [0.5, 0.6) is 5.75 Å². The van der Waals surface area contributed by atoms with Crippen LogP contribution in [-0.2, 0) is 11.3 Å². The van der Waals surface area contributed by atoms with Gasteiger partial charge in [0.05, 0.1) is 25.5 Å². The van der Waals surface area contributed by atoms with Crippen molar-refractivity contribution in [2.45, 2.75) is 39.5 Å². The standard InChI is InChI=1S/C15H23ClN2O2/c1-10-6-17-14(12(3)15(10)19-4)8-18-7-13(5-16)20-9-11(18)2/h6,11,13H,5,7-9H2,1-4H3. The summed E-state index contributed by atoms with van der Waals surface area (Å²) in [7, 11) is 1.71. The molecule has 1 saturated heterocycles. The maximum absolute atomic E-state index is 5.91. The normalized spacial score (nSPS) is 23.9. The predicted molar refractivity (Wildman–Crippen MR) is 80.6 cm³/mol. The molecule has 2 rings (SSSR count). The Kier molecular flexibility index (Phi) is 5.24. The van der Waals surface area contributed by atoms with Crippen molar-refractivity contribution >= 4 is 11.6 Å². The Balaban J connectivity index is 2.16. The topological polar surface area (TPSA) is 34.6 Å². The van der Waals surface area contributed by atoms with Gasteiger partial charge in [0.2, 0.25) is 0 Å². The molecule has 0 N–H and O–H groups in total. The van der Waals surface area contributed by atoms with Crippen LogP contribution in [0.3, 0.4) is 0 Å². The van der Waals surface area contributed by atoms with Gasteiger partial charge in [0.15, 0.2) is 0 Å². The van der Waals surface area contributed by atoms with Gasteiger partial charge in [-0.15, -0.1) is 11.6 Å². The Morgan fingerprint density at radius 2 is 2.25 bits per heavy atom. The van der Waals surface area contributed by atoms with Crippen molar-refractivity contribution in [1.82, 2.24) is 9.88 Å². The average Bonchev–Trinajstić information content (AvgIpc) is 2.44. The van der Waals surface area contributed by atoms with Gasteiger partial charge in [-0.3, -0.25) is 9.88 Å². The van der Waals surface area contributed by atoms with Crippen LogP contribution in [0.2, 0.25) is 0 Å². The molecule has 0 aromatic carbocycles. The Bertz CT molecular complexity index is 467. The summed E-state index contributed by atoms with van der Waals surface area (Å²) in [6, 6.07) is 0.378. The molecule has 1 aliphatic heterocycles. The van der Waals surface area contributed by atoms with Crippen LogP contribution in [-0.4, -0.2) is 48.2 Å². The summed E-state index contributed by atoms with van der Waals surface area (Å²) in [6.45, 7) is 8.63. The fourth-order valence-corrected chi connectivity index (χ4v) is 2.80. The van der Waals surface area contributed by atoms with Crippen molar-refractivity contribution in [2.24, 2.45) is 0 Å². The summed E-state index contributed by atoms with van der Waals surface area (Å²) in [5, 5.41) is 0. The SMILES string of the molecule is COc1c(C)cnc(CN2CC(CCl)OCC2C)c1C. The van der Waals surface area contributed by atoms with Crippen molar-refractivity contribution in [3.8, 4) is 5.75 Å². The second kappa shape index (κ2) is 6.74. The second-order valence-corrected chi connectivity index (χ2v) is 5.74. The number of aryl methyl sites for hydroxylation is 1. The lowest BCUT2D eigenvalue weighted by Gasteiger charge is -2.37. The first-order valence-corrected chi connectivity index (χ1v) is 7.51. The maximum Gasteiger partial charge on any atom is 0.128 e. The number of hydrogen-bond donors (Lipinski definition) is 0. The smallest absolute Gasteiger partial charge is 0.128 e. The highest BCUT2D eigenvalue weighted by Crippen LogP contribution is 2.26. The molecule has 0 amide bonds. The number of pyridine rings is 1. The van der Waals surface area contributed by atoms with Crippen LogP contribution in [0.1, 0.15) is 23.7 Å². The molecule has 0 spiro atoms. The van der Waals surface area contributed by atoms with Crippen molar-refractivity contribution in [2.75, 3.05) is 26.1 Å². The van der Waals surface area contributed by atoms with Gasteiger partial charge in [-0.05, 0) is 20.8 Å². The number of alkyl halides is 1. The van der Waals surface area contributed by atoms with Crippen molar-refractivity contribution in [1.29, 1.82) is 0 Å². The fourth-order valence-electron chi connectivity index (χ4n) is 2.61. The lowest BCUT2D eigenvalue weighted by atomic mass is 10.1. The molecule has 1 fully saturated rings. The third kappa shape index (κ3) is 3.25. The molecular formula is C15H23ClN2O2. The third-order valence-electron chi connectivity index (χ3n) is 3.91. The van der Waals surface area contributed by atoms with Crippen molar-refractivity contribution in [3.05, 3.63) is 23.0 Å². The number of ether oxygens (including phenoxy) is 2. The second-order valence-electron chi connectivity index (χ2n) is 5.43. The van der Waals surface area contributed by atoms with E-state index >= 15 is 0 Å². The number of methoxy groups -OCH3 is 1. The Morgan fingerprint density at radius 1 is 1.50 bits per heavy atom. The molecule has 4 nitrogen and oxygen atoms in total. The average molecular weight is 299 g/mol. The van der Waals surface area contributed by atoms with E-state index in [1.807, 2.05) is 13.1 Å². The van der Waals surface area contributed by atoms with Crippen molar-refractivity contribution in [3.63, 3.8) is 0 Å². The summed E-state index contributed by atoms with van der Waals surface area (Å²) >= 11 is 5.91. The van der Waals surface area contributed by atoms with Gasteiger partial charge in [0.25, 0.3) is 0 Å². The lowest BCUT2D eigenvalue weighted by molar-refractivity contribution is -0.0515. The van der Waals surface area contributed by atoms with Gasteiger partial charge in [-0.2, -0.15) is 0 Å². The number of nitrogens with zero attached hydrogens (tertiary/aromatic N) is 2. The molecule has 1 aromatic rings. The van der Waals surface area contributed by atoms with Crippen LogP contribution in [0.25, 0.3) is 0 Å². The Morgan fingerprint density at radius 3 is 2.90 bits per heavy atom. The highest BCUT2D eigenvalue weighted by molar-refractivity contribution is 6.18. The van der Waals surface area contributed by atoms with Crippen LogP contribution in [0.4, 0.5) is 0 Å². The van der Waals surface area contributed by atoms with Crippen molar-refractivity contribution < 1.29 is 9.47 Å². The summed E-state index contributed by atoms with van der Waals surface area (Å²) in [4.78, 5) is 6.95. The molecular weight excluding hydrogens is 276 g/mol. The van der Waals surface area contributed by atoms with Gasteiger partial charge in [-0.25, -0.2) is 0 Å². The number of rotatable bonds is 4. The van der Waals surface area contributed by atoms with E-state index in [9.17, 15) is 0 Å². The van der Waals surface area contributed by atoms with E-state index in [2.05, 4.69) is 23.7 Å². The fraction of sp³-hybridized carbons (Fsp3) is 0.667. The van der Waals surface area contributed by atoms with Gasteiger partial charge < -0.3 is 9.47 Å². The molecule has 0 radical (unpaired) electrons. The van der Waals surface area contributed by atoms with Gasteiger partial charge >= 0.3 is 0 Å². The zero-order chi connectivity index (χ0) is 14.7. The number of halogens is 1. The van der Waals surface area contributed by atoms with Crippen LogP contribution < -0.4 is 4.74 Å². The summed E-state index contributed by atoms with van der Waals surface area (Å²) < 4.78 is 11.2. The zero-order valence-electron chi connectivity index (χ0n) is 12.6. The van der Waals surface area contributed by atoms with E-state index in [-0.39, 0.29) is 6.10 Å². The van der Waals surface area contributed by atoms with Crippen LogP contribution >= 0.6 is 11.6 Å². The molecule has 112 valence electrons. The van der Waals surface area contributed by atoms with Crippen LogP contribution in [0, 0.1) is 13.8 Å². The molecule has 2 atom stereocenters. The van der Waals surface area contributed by atoms with E-state index in [1.54, 1.807) is 7.11 Å². The van der Waals surface area contributed by atoms with E-state index in [0.717, 1.165) is 42.3 Å². The van der Waals surface area contributed by atoms with Crippen LogP contribution in [0.15, 0.2) is 6.20 Å². The first-order valence-electron chi connectivity index (χ1n) is 6.97. The molecule has 0 saturated carbocycles. The molecule has 0 bridgehead atoms. The Labute approximate surface area is 126 Å². The molecule has 0 aliphatic carbocycles. The molecule has 2 unspecified atom stereocenters. The molecule has 2 heterocycles. The summed E-state index contributed by atoms with van der Waals surface area (Å²) in [6.07, 6.45) is 1.99. The minimum absolute atomic E-state index is 0.112. The summed E-state index contributed by atoms with van der Waals surface area (Å²) in [5.74, 6) is 1.47. The van der Waals surface area contributed by atoms with E-state index in [4.69, 9.17) is 21.1 Å². The van der Waals surface area contributed by atoms with E-state index < -0.39 is 0 Å². The number of hydrogen-bond acceptors (Lipinski definition) is 4. The number of morpholine rings is 1. The van der Waals surface area contributed by atoms with E-state index in [1.165, 1.54) is 0 Å². The van der Waals surface area contributed by atoms with Gasteiger partial charge in [0, 0.05) is 42.3 Å². The maximum atomic E-state index is 5.91. The lowest BCUT2D eigenvalue weighted by Crippen LogP contribution is -2.48. The third-order valence-corrected chi connectivity index (χ3v) is 4.25. The molecule has 1 aromatic heterocycles. The molecule has 5 heteroatoms. The minimum atomic E-state index is 0.112. The largest absolute Gasteiger partial charge is 0.496 e. The first-order chi connectivity index (χ1) is 9.56.